The molecule has 0 amide bonds. The molecule has 0 aliphatic carbocycles. The second-order valence-corrected chi connectivity index (χ2v) is 3.46. The molecule has 11 heavy (non-hydrogen) atoms. The van der Waals surface area contributed by atoms with Crippen LogP contribution in [0.1, 0.15) is 12.7 Å². The number of aromatic nitrogens is 2. The maximum Gasteiger partial charge on any atom is 0.124 e. The molecule has 1 rings (SSSR count). The Labute approximate surface area is 74.2 Å². The third-order valence-corrected chi connectivity index (χ3v) is 1.80. The smallest absolute Gasteiger partial charge is 0.124 e. The summed E-state index contributed by atoms with van der Waals surface area (Å²) in [6.45, 7) is 1.75. The summed E-state index contributed by atoms with van der Waals surface area (Å²) in [5.74, 6) is 0.895. The molecule has 0 spiro atoms. The first-order chi connectivity index (χ1) is 5.09. The lowest BCUT2D eigenvalue weighted by Gasteiger charge is -2.02. The van der Waals surface area contributed by atoms with Crippen LogP contribution in [-0.2, 0) is 13.5 Å². The molecule has 0 saturated carbocycles. The van der Waals surface area contributed by atoms with Crippen LogP contribution in [0.5, 0.6) is 0 Å². The van der Waals surface area contributed by atoms with Gasteiger partial charge in [0.1, 0.15) is 10.4 Å². The minimum atomic E-state index is -0.331. The molecule has 3 nitrogen and oxygen atoms in total. The van der Waals surface area contributed by atoms with Crippen LogP contribution in [0.25, 0.3) is 0 Å². The van der Waals surface area contributed by atoms with Crippen LogP contribution in [0.15, 0.2) is 10.8 Å². The van der Waals surface area contributed by atoms with E-state index in [0.29, 0.717) is 6.42 Å². The SMILES string of the molecule is CC(O)Cc1nc(Br)cn1C. The first-order valence-electron chi connectivity index (χ1n) is 3.45. The molecule has 1 aromatic heterocycles. The van der Waals surface area contributed by atoms with Gasteiger partial charge in [0.05, 0.1) is 6.10 Å². The average molecular weight is 219 g/mol. The van der Waals surface area contributed by atoms with Gasteiger partial charge in [0.15, 0.2) is 0 Å². The predicted octanol–water partition coefficient (Wildman–Crippen LogP) is 1.11. The van der Waals surface area contributed by atoms with E-state index < -0.39 is 0 Å². The molecule has 1 heterocycles. The normalized spacial score (nSPS) is 13.5. The van der Waals surface area contributed by atoms with Gasteiger partial charge in [-0.3, -0.25) is 0 Å². The molecule has 0 aliphatic heterocycles. The topological polar surface area (TPSA) is 38.1 Å². The van der Waals surface area contributed by atoms with Crippen LogP contribution in [0, 0.1) is 0 Å². The molecule has 0 bridgehead atoms. The molecular weight excluding hydrogens is 208 g/mol. The molecule has 0 aliphatic rings. The molecule has 4 heteroatoms. The highest BCUT2D eigenvalue weighted by atomic mass is 79.9. The first-order valence-corrected chi connectivity index (χ1v) is 4.24. The largest absolute Gasteiger partial charge is 0.393 e. The zero-order valence-corrected chi connectivity index (χ0v) is 8.17. The van der Waals surface area contributed by atoms with Gasteiger partial charge < -0.3 is 9.67 Å². The van der Waals surface area contributed by atoms with Gasteiger partial charge in [-0.2, -0.15) is 0 Å². The Bertz CT molecular complexity index is 245. The molecule has 0 fully saturated rings. The number of rotatable bonds is 2. The van der Waals surface area contributed by atoms with Gasteiger partial charge in [-0.15, -0.1) is 0 Å². The van der Waals surface area contributed by atoms with E-state index in [4.69, 9.17) is 5.11 Å². The summed E-state index contributed by atoms with van der Waals surface area (Å²) in [5, 5.41) is 9.07. The molecular formula is C7H11BrN2O. The van der Waals surface area contributed by atoms with Crippen LogP contribution in [0.4, 0.5) is 0 Å². The van der Waals surface area contributed by atoms with Gasteiger partial charge in [-0.1, -0.05) is 0 Å². The Kier molecular flexibility index (Phi) is 2.67. The van der Waals surface area contributed by atoms with E-state index in [9.17, 15) is 0 Å². The molecule has 62 valence electrons. The number of hydrogen-bond acceptors (Lipinski definition) is 2. The summed E-state index contributed by atoms with van der Waals surface area (Å²) in [6, 6.07) is 0. The number of hydrogen-bond donors (Lipinski definition) is 1. The molecule has 1 atom stereocenters. The van der Waals surface area contributed by atoms with Crippen molar-refractivity contribution < 1.29 is 5.11 Å². The van der Waals surface area contributed by atoms with E-state index in [2.05, 4.69) is 20.9 Å². The van der Waals surface area contributed by atoms with Crippen LogP contribution in [0.3, 0.4) is 0 Å². The highest BCUT2D eigenvalue weighted by molar-refractivity contribution is 9.10. The maximum absolute atomic E-state index is 9.07. The standard InChI is InChI=1S/C7H11BrN2O/c1-5(11)3-7-9-6(8)4-10(7)2/h4-5,11H,3H2,1-2H3. The van der Waals surface area contributed by atoms with E-state index in [1.165, 1.54) is 0 Å². The fourth-order valence-corrected chi connectivity index (χ4v) is 1.43. The number of aliphatic hydroxyl groups excluding tert-OH is 1. The third kappa shape index (κ3) is 2.31. The summed E-state index contributed by atoms with van der Waals surface area (Å²) >= 11 is 3.26. The van der Waals surface area contributed by atoms with Gasteiger partial charge in [0.2, 0.25) is 0 Å². The lowest BCUT2D eigenvalue weighted by Crippen LogP contribution is -2.08. The second kappa shape index (κ2) is 3.36. The number of nitrogens with zero attached hydrogens (tertiary/aromatic N) is 2. The van der Waals surface area contributed by atoms with E-state index in [1.807, 2.05) is 17.8 Å². The number of aliphatic hydroxyl groups is 1. The number of halogens is 1. The minimum Gasteiger partial charge on any atom is -0.393 e. The van der Waals surface area contributed by atoms with Crippen LogP contribution in [0.2, 0.25) is 0 Å². The van der Waals surface area contributed by atoms with E-state index >= 15 is 0 Å². The summed E-state index contributed by atoms with van der Waals surface area (Å²) in [6.07, 6.45) is 2.14. The second-order valence-electron chi connectivity index (χ2n) is 2.64. The molecule has 1 unspecified atom stereocenters. The fourth-order valence-electron chi connectivity index (χ4n) is 0.919. The van der Waals surface area contributed by atoms with E-state index in [0.717, 1.165) is 10.4 Å². The van der Waals surface area contributed by atoms with Crippen molar-refractivity contribution in [2.45, 2.75) is 19.4 Å². The zero-order chi connectivity index (χ0) is 8.43. The summed E-state index contributed by atoms with van der Waals surface area (Å²) < 4.78 is 2.72. The Morgan fingerprint density at radius 1 is 1.82 bits per heavy atom. The van der Waals surface area contributed by atoms with Crippen molar-refractivity contribution in [1.29, 1.82) is 0 Å². The van der Waals surface area contributed by atoms with Gasteiger partial charge in [0, 0.05) is 19.7 Å². The van der Waals surface area contributed by atoms with Crippen molar-refractivity contribution in [2.24, 2.45) is 7.05 Å². The van der Waals surface area contributed by atoms with Crippen molar-refractivity contribution in [3.8, 4) is 0 Å². The van der Waals surface area contributed by atoms with Crippen molar-refractivity contribution >= 4 is 15.9 Å². The highest BCUT2D eigenvalue weighted by Crippen LogP contribution is 2.09. The number of imidazole rings is 1. The number of aryl methyl sites for hydroxylation is 1. The molecule has 1 N–H and O–H groups in total. The van der Waals surface area contributed by atoms with E-state index in [-0.39, 0.29) is 6.10 Å². The van der Waals surface area contributed by atoms with Crippen molar-refractivity contribution in [1.82, 2.24) is 9.55 Å². The van der Waals surface area contributed by atoms with Crippen molar-refractivity contribution in [2.75, 3.05) is 0 Å². The summed E-state index contributed by atoms with van der Waals surface area (Å²) in [7, 11) is 1.91. The third-order valence-electron chi connectivity index (χ3n) is 1.42. The van der Waals surface area contributed by atoms with Crippen LogP contribution in [-0.4, -0.2) is 20.8 Å². The predicted molar refractivity (Wildman–Crippen MR) is 46.3 cm³/mol. The Morgan fingerprint density at radius 3 is 2.82 bits per heavy atom. The highest BCUT2D eigenvalue weighted by Gasteiger charge is 2.05. The zero-order valence-electron chi connectivity index (χ0n) is 6.58. The minimum absolute atomic E-state index is 0.331. The van der Waals surface area contributed by atoms with Crippen molar-refractivity contribution in [3.05, 3.63) is 16.6 Å². The van der Waals surface area contributed by atoms with Gasteiger partial charge >= 0.3 is 0 Å². The van der Waals surface area contributed by atoms with Gasteiger partial charge in [0.25, 0.3) is 0 Å². The Hall–Kier alpha value is -0.350. The fraction of sp³-hybridized carbons (Fsp3) is 0.571. The van der Waals surface area contributed by atoms with Gasteiger partial charge in [-0.05, 0) is 22.9 Å². The molecule has 0 saturated heterocycles. The lowest BCUT2D eigenvalue weighted by atomic mass is 10.3. The Balaban J connectivity index is 2.77. The van der Waals surface area contributed by atoms with Gasteiger partial charge in [-0.25, -0.2) is 4.98 Å². The first kappa shape index (κ1) is 8.74. The molecule has 1 aromatic rings. The summed E-state index contributed by atoms with van der Waals surface area (Å²) in [4.78, 5) is 4.17. The quantitative estimate of drug-likeness (QED) is 0.808. The van der Waals surface area contributed by atoms with E-state index in [1.54, 1.807) is 6.92 Å². The van der Waals surface area contributed by atoms with Crippen molar-refractivity contribution in [3.63, 3.8) is 0 Å². The average Bonchev–Trinajstić information content (AvgIpc) is 2.09. The Morgan fingerprint density at radius 2 is 2.45 bits per heavy atom. The molecule has 0 aromatic carbocycles. The van der Waals surface area contributed by atoms with Crippen LogP contribution < -0.4 is 0 Å². The molecule has 0 radical (unpaired) electrons. The van der Waals surface area contributed by atoms with Crippen LogP contribution >= 0.6 is 15.9 Å². The summed E-state index contributed by atoms with van der Waals surface area (Å²) in [5.41, 5.74) is 0. The monoisotopic (exact) mass is 218 g/mol. The maximum atomic E-state index is 9.07. The lowest BCUT2D eigenvalue weighted by molar-refractivity contribution is 0.192.